The van der Waals surface area contributed by atoms with Crippen molar-refractivity contribution in [1.29, 1.82) is 0 Å². The molecule has 2 aromatic carbocycles. The SMILES string of the molecule is O=C(COc1ccc(Cl)cc1)N(Cc1ccco1)c1ccc(Cl)cc1. The summed E-state index contributed by atoms with van der Waals surface area (Å²) in [5.41, 5.74) is 0.713. The number of anilines is 1. The van der Waals surface area contributed by atoms with Gasteiger partial charge in [0.2, 0.25) is 0 Å². The van der Waals surface area contributed by atoms with Gasteiger partial charge in [0.25, 0.3) is 5.91 Å². The van der Waals surface area contributed by atoms with Crippen LogP contribution in [0.5, 0.6) is 5.75 Å². The normalized spacial score (nSPS) is 10.5. The number of furan rings is 1. The van der Waals surface area contributed by atoms with Gasteiger partial charge in [0, 0.05) is 15.7 Å². The predicted octanol–water partition coefficient (Wildman–Crippen LogP) is 5.20. The molecule has 1 amide bonds. The van der Waals surface area contributed by atoms with E-state index in [1.54, 1.807) is 65.8 Å². The van der Waals surface area contributed by atoms with E-state index in [4.69, 9.17) is 32.4 Å². The lowest BCUT2D eigenvalue weighted by atomic mass is 10.2. The van der Waals surface area contributed by atoms with Crippen molar-refractivity contribution in [3.63, 3.8) is 0 Å². The highest BCUT2D eigenvalue weighted by atomic mass is 35.5. The highest BCUT2D eigenvalue weighted by Crippen LogP contribution is 2.21. The Balaban J connectivity index is 1.74. The Morgan fingerprint density at radius 2 is 1.60 bits per heavy atom. The Hall–Kier alpha value is -2.43. The standard InChI is InChI=1S/C19H15Cl2NO3/c20-14-3-7-16(8-4-14)22(12-18-2-1-11-24-18)19(23)13-25-17-9-5-15(21)6-10-17/h1-11H,12-13H2. The predicted molar refractivity (Wildman–Crippen MR) is 98.3 cm³/mol. The molecule has 0 radical (unpaired) electrons. The number of hydrogen-bond acceptors (Lipinski definition) is 3. The molecular formula is C19H15Cl2NO3. The van der Waals surface area contributed by atoms with E-state index in [1.807, 2.05) is 6.07 Å². The fraction of sp³-hybridized carbons (Fsp3) is 0.105. The van der Waals surface area contributed by atoms with Crippen LogP contribution in [0.25, 0.3) is 0 Å². The minimum Gasteiger partial charge on any atom is -0.484 e. The molecule has 0 aliphatic heterocycles. The Kier molecular flexibility index (Phi) is 5.64. The summed E-state index contributed by atoms with van der Waals surface area (Å²) < 4.78 is 10.9. The summed E-state index contributed by atoms with van der Waals surface area (Å²) >= 11 is 11.8. The fourth-order valence-corrected chi connectivity index (χ4v) is 2.51. The molecule has 1 aromatic heterocycles. The number of carbonyl (C=O) groups excluding carboxylic acids is 1. The summed E-state index contributed by atoms with van der Waals surface area (Å²) in [6.45, 7) is 0.197. The molecule has 1 heterocycles. The van der Waals surface area contributed by atoms with E-state index in [0.717, 1.165) is 0 Å². The lowest BCUT2D eigenvalue weighted by Crippen LogP contribution is -2.34. The van der Waals surface area contributed by atoms with Gasteiger partial charge in [-0.3, -0.25) is 4.79 Å². The van der Waals surface area contributed by atoms with Crippen molar-refractivity contribution in [1.82, 2.24) is 0 Å². The first-order valence-corrected chi connectivity index (χ1v) is 8.34. The quantitative estimate of drug-likeness (QED) is 0.594. The second-order valence-electron chi connectivity index (χ2n) is 5.28. The number of halogens is 2. The first-order chi connectivity index (χ1) is 12.1. The first-order valence-electron chi connectivity index (χ1n) is 7.58. The molecule has 0 aliphatic carbocycles. The second-order valence-corrected chi connectivity index (χ2v) is 6.15. The molecule has 0 bridgehead atoms. The molecule has 0 unspecified atom stereocenters. The average Bonchev–Trinajstić information content (AvgIpc) is 3.13. The summed E-state index contributed by atoms with van der Waals surface area (Å²) in [6.07, 6.45) is 1.57. The third-order valence-electron chi connectivity index (χ3n) is 3.51. The van der Waals surface area contributed by atoms with Crippen LogP contribution in [0.4, 0.5) is 5.69 Å². The van der Waals surface area contributed by atoms with Gasteiger partial charge in [-0.25, -0.2) is 0 Å². The van der Waals surface area contributed by atoms with E-state index in [2.05, 4.69) is 0 Å². The van der Waals surface area contributed by atoms with Crippen LogP contribution < -0.4 is 9.64 Å². The molecule has 4 nitrogen and oxygen atoms in total. The van der Waals surface area contributed by atoms with E-state index in [9.17, 15) is 4.79 Å². The van der Waals surface area contributed by atoms with E-state index < -0.39 is 0 Å². The van der Waals surface area contributed by atoms with Gasteiger partial charge in [0.1, 0.15) is 11.5 Å². The largest absolute Gasteiger partial charge is 0.484 e. The summed E-state index contributed by atoms with van der Waals surface area (Å²) in [5.74, 6) is 1.05. The maximum absolute atomic E-state index is 12.7. The lowest BCUT2D eigenvalue weighted by molar-refractivity contribution is -0.120. The van der Waals surface area contributed by atoms with Crippen LogP contribution in [0.15, 0.2) is 71.3 Å². The van der Waals surface area contributed by atoms with Gasteiger partial charge in [0.05, 0.1) is 12.8 Å². The van der Waals surface area contributed by atoms with Crippen molar-refractivity contribution in [2.24, 2.45) is 0 Å². The van der Waals surface area contributed by atoms with E-state index in [0.29, 0.717) is 33.8 Å². The number of benzene rings is 2. The van der Waals surface area contributed by atoms with Crippen molar-refractivity contribution < 1.29 is 13.9 Å². The third kappa shape index (κ3) is 4.78. The van der Waals surface area contributed by atoms with Gasteiger partial charge >= 0.3 is 0 Å². The number of nitrogens with zero attached hydrogens (tertiary/aromatic N) is 1. The molecular weight excluding hydrogens is 361 g/mol. The number of hydrogen-bond donors (Lipinski definition) is 0. The Morgan fingerprint density at radius 1 is 0.960 bits per heavy atom. The zero-order valence-electron chi connectivity index (χ0n) is 13.2. The van der Waals surface area contributed by atoms with Crippen LogP contribution in [0.3, 0.4) is 0 Å². The molecule has 128 valence electrons. The average molecular weight is 376 g/mol. The van der Waals surface area contributed by atoms with Crippen LogP contribution in [0.2, 0.25) is 10.0 Å². The van der Waals surface area contributed by atoms with Crippen LogP contribution in [0, 0.1) is 0 Å². The molecule has 0 aliphatic rings. The molecule has 25 heavy (non-hydrogen) atoms. The topological polar surface area (TPSA) is 42.7 Å². The summed E-state index contributed by atoms with van der Waals surface area (Å²) in [6, 6.07) is 17.5. The minimum atomic E-state index is -0.200. The molecule has 0 saturated carbocycles. The number of ether oxygens (including phenoxy) is 1. The third-order valence-corrected chi connectivity index (χ3v) is 4.01. The van der Waals surface area contributed by atoms with Crippen molar-refractivity contribution in [2.75, 3.05) is 11.5 Å². The molecule has 0 saturated heterocycles. The zero-order valence-corrected chi connectivity index (χ0v) is 14.7. The fourth-order valence-electron chi connectivity index (χ4n) is 2.26. The highest BCUT2D eigenvalue weighted by molar-refractivity contribution is 6.30. The maximum atomic E-state index is 12.7. The van der Waals surface area contributed by atoms with Crippen LogP contribution in [0.1, 0.15) is 5.76 Å². The molecule has 3 rings (SSSR count). The summed E-state index contributed by atoms with van der Waals surface area (Å²) in [7, 11) is 0. The van der Waals surface area contributed by atoms with Gasteiger partial charge in [0.15, 0.2) is 6.61 Å². The van der Waals surface area contributed by atoms with Gasteiger partial charge in [-0.05, 0) is 60.7 Å². The monoisotopic (exact) mass is 375 g/mol. The molecule has 0 N–H and O–H groups in total. The Morgan fingerprint density at radius 3 is 2.20 bits per heavy atom. The van der Waals surface area contributed by atoms with Crippen LogP contribution in [-0.4, -0.2) is 12.5 Å². The number of carbonyl (C=O) groups is 1. The molecule has 3 aromatic rings. The van der Waals surface area contributed by atoms with Crippen LogP contribution >= 0.6 is 23.2 Å². The first kappa shape index (κ1) is 17.4. The van der Waals surface area contributed by atoms with Crippen molar-refractivity contribution in [2.45, 2.75) is 6.54 Å². The van der Waals surface area contributed by atoms with Gasteiger partial charge in [-0.1, -0.05) is 23.2 Å². The van der Waals surface area contributed by atoms with Crippen molar-refractivity contribution in [3.8, 4) is 5.75 Å². The van der Waals surface area contributed by atoms with Gasteiger partial charge < -0.3 is 14.1 Å². The van der Waals surface area contributed by atoms with Gasteiger partial charge in [-0.2, -0.15) is 0 Å². The number of amides is 1. The summed E-state index contributed by atoms with van der Waals surface area (Å²) in [4.78, 5) is 14.3. The van der Waals surface area contributed by atoms with Gasteiger partial charge in [-0.15, -0.1) is 0 Å². The molecule has 0 fully saturated rings. The number of rotatable bonds is 6. The Labute approximate surface area is 155 Å². The zero-order chi connectivity index (χ0) is 17.6. The molecule has 0 spiro atoms. The smallest absolute Gasteiger partial charge is 0.265 e. The Bertz CT molecular complexity index is 815. The van der Waals surface area contributed by atoms with E-state index in [1.165, 1.54) is 0 Å². The van der Waals surface area contributed by atoms with E-state index >= 15 is 0 Å². The minimum absolute atomic E-state index is 0.106. The molecule has 6 heteroatoms. The maximum Gasteiger partial charge on any atom is 0.265 e. The van der Waals surface area contributed by atoms with Crippen molar-refractivity contribution in [3.05, 3.63) is 82.7 Å². The lowest BCUT2D eigenvalue weighted by Gasteiger charge is -2.22. The highest BCUT2D eigenvalue weighted by Gasteiger charge is 2.18. The molecule has 0 atom stereocenters. The second kappa shape index (κ2) is 8.10. The van der Waals surface area contributed by atoms with Crippen molar-refractivity contribution >= 4 is 34.8 Å². The van der Waals surface area contributed by atoms with Crippen LogP contribution in [-0.2, 0) is 11.3 Å². The summed E-state index contributed by atoms with van der Waals surface area (Å²) in [5, 5.41) is 1.21. The van der Waals surface area contributed by atoms with E-state index in [-0.39, 0.29) is 12.5 Å².